The number of nitrogens with one attached hydrogen (secondary N) is 1. The van der Waals surface area contributed by atoms with Gasteiger partial charge in [-0.2, -0.15) is 4.98 Å². The van der Waals surface area contributed by atoms with E-state index in [4.69, 9.17) is 4.74 Å². The number of ether oxygens (including phenoxy) is 1. The molecule has 0 fully saturated rings. The number of H-pyrrole nitrogens is 1. The fourth-order valence-corrected chi connectivity index (χ4v) is 2.18. The van der Waals surface area contributed by atoms with E-state index < -0.39 is 0 Å². The lowest BCUT2D eigenvalue weighted by atomic mass is 9.98. The molecular formula is C16H20N2O2. The van der Waals surface area contributed by atoms with Gasteiger partial charge in [0.2, 0.25) is 5.88 Å². The topological polar surface area (TPSA) is 55.0 Å². The van der Waals surface area contributed by atoms with Crippen LogP contribution in [0.1, 0.15) is 43.6 Å². The van der Waals surface area contributed by atoms with Crippen molar-refractivity contribution >= 4 is 0 Å². The minimum Gasteiger partial charge on any atom is -0.439 e. The van der Waals surface area contributed by atoms with Crippen LogP contribution >= 0.6 is 0 Å². The van der Waals surface area contributed by atoms with Crippen LogP contribution in [-0.4, -0.2) is 9.97 Å². The summed E-state index contributed by atoms with van der Waals surface area (Å²) in [6, 6.07) is 7.31. The number of aromatic amines is 1. The summed E-state index contributed by atoms with van der Waals surface area (Å²) in [6.45, 7) is 8.32. The average Bonchev–Trinajstić information content (AvgIpc) is 2.37. The molecular weight excluding hydrogens is 252 g/mol. The van der Waals surface area contributed by atoms with Crippen LogP contribution in [-0.2, 0) is 6.42 Å². The molecule has 0 radical (unpaired) electrons. The monoisotopic (exact) mass is 272 g/mol. The van der Waals surface area contributed by atoms with E-state index in [1.54, 1.807) is 0 Å². The first-order valence-electron chi connectivity index (χ1n) is 6.88. The van der Waals surface area contributed by atoms with Crippen molar-refractivity contribution in [3.63, 3.8) is 0 Å². The number of hydrogen-bond donors (Lipinski definition) is 1. The van der Waals surface area contributed by atoms with E-state index in [9.17, 15) is 4.79 Å². The molecule has 0 saturated carbocycles. The summed E-state index contributed by atoms with van der Waals surface area (Å²) in [6.07, 6.45) is 0.664. The summed E-state index contributed by atoms with van der Waals surface area (Å²) < 4.78 is 5.69. The second-order valence-corrected chi connectivity index (χ2v) is 5.16. The Bertz CT molecular complexity index is 660. The van der Waals surface area contributed by atoms with Gasteiger partial charge in [0.05, 0.1) is 6.07 Å². The maximum Gasteiger partial charge on any atom is 0.254 e. The molecule has 1 heterocycles. The maximum absolute atomic E-state index is 11.5. The van der Waals surface area contributed by atoms with E-state index in [-0.39, 0.29) is 5.56 Å². The third-order valence-electron chi connectivity index (χ3n) is 3.19. The van der Waals surface area contributed by atoms with Gasteiger partial charge in [-0.25, -0.2) is 0 Å². The van der Waals surface area contributed by atoms with Gasteiger partial charge in [-0.3, -0.25) is 4.79 Å². The Hall–Kier alpha value is -2.10. The number of aromatic nitrogens is 2. The van der Waals surface area contributed by atoms with E-state index >= 15 is 0 Å². The highest BCUT2D eigenvalue weighted by molar-refractivity contribution is 5.37. The van der Waals surface area contributed by atoms with Gasteiger partial charge in [-0.05, 0) is 36.1 Å². The van der Waals surface area contributed by atoms with Crippen molar-refractivity contribution in [2.75, 3.05) is 0 Å². The van der Waals surface area contributed by atoms with E-state index in [1.807, 2.05) is 19.1 Å². The molecule has 1 aromatic heterocycles. The maximum atomic E-state index is 11.5. The predicted octanol–water partition coefficient (Wildman–Crippen LogP) is 3.56. The molecule has 0 aliphatic heterocycles. The highest BCUT2D eigenvalue weighted by atomic mass is 16.5. The molecule has 106 valence electrons. The lowest BCUT2D eigenvalue weighted by molar-refractivity contribution is 0.457. The number of rotatable bonds is 4. The van der Waals surface area contributed by atoms with Crippen LogP contribution < -0.4 is 10.3 Å². The van der Waals surface area contributed by atoms with Crippen LogP contribution in [0.25, 0.3) is 0 Å². The normalized spacial score (nSPS) is 10.8. The second-order valence-electron chi connectivity index (χ2n) is 5.16. The molecule has 0 unspecified atom stereocenters. The second kappa shape index (κ2) is 5.90. The smallest absolute Gasteiger partial charge is 0.254 e. The van der Waals surface area contributed by atoms with Crippen molar-refractivity contribution in [3.05, 3.63) is 51.6 Å². The number of nitrogens with zero attached hydrogens (tertiary/aromatic N) is 1. The lowest BCUT2D eigenvalue weighted by Gasteiger charge is -2.12. The first-order chi connectivity index (χ1) is 9.49. The highest BCUT2D eigenvalue weighted by Crippen LogP contribution is 2.25. The lowest BCUT2D eigenvalue weighted by Crippen LogP contribution is -2.10. The molecule has 1 N–H and O–H groups in total. The van der Waals surface area contributed by atoms with Gasteiger partial charge in [0.15, 0.2) is 0 Å². The molecule has 0 amide bonds. The molecule has 0 atom stereocenters. The minimum atomic E-state index is -0.192. The fraction of sp³-hybridized carbons (Fsp3) is 0.375. The SMILES string of the molecule is CCc1nc(Oc2ccc(C(C)C)c(C)c2)cc(=O)[nH]1. The first-order valence-corrected chi connectivity index (χ1v) is 6.88. The Balaban J connectivity index is 2.28. The van der Waals surface area contributed by atoms with Gasteiger partial charge >= 0.3 is 0 Å². The Morgan fingerprint density at radius 2 is 2.05 bits per heavy atom. The molecule has 0 aliphatic rings. The van der Waals surface area contributed by atoms with Crippen molar-refractivity contribution in [2.45, 2.75) is 40.0 Å². The minimum absolute atomic E-state index is 0.192. The van der Waals surface area contributed by atoms with Gasteiger partial charge in [-0.1, -0.05) is 26.8 Å². The zero-order valence-corrected chi connectivity index (χ0v) is 12.4. The van der Waals surface area contributed by atoms with Gasteiger partial charge < -0.3 is 9.72 Å². The predicted molar refractivity (Wildman–Crippen MR) is 79.6 cm³/mol. The average molecular weight is 272 g/mol. The fourth-order valence-electron chi connectivity index (χ4n) is 2.18. The summed E-state index contributed by atoms with van der Waals surface area (Å²) in [5.74, 6) is 2.14. The number of benzene rings is 1. The molecule has 0 aliphatic carbocycles. The quantitative estimate of drug-likeness (QED) is 0.926. The van der Waals surface area contributed by atoms with Gasteiger partial charge in [0.1, 0.15) is 11.6 Å². The summed E-state index contributed by atoms with van der Waals surface area (Å²) in [7, 11) is 0. The first kappa shape index (κ1) is 14.3. The molecule has 1 aromatic carbocycles. The van der Waals surface area contributed by atoms with Crippen LogP contribution in [0.3, 0.4) is 0 Å². The third-order valence-corrected chi connectivity index (χ3v) is 3.19. The molecule has 2 rings (SSSR count). The van der Waals surface area contributed by atoms with E-state index in [2.05, 4.69) is 36.8 Å². The third kappa shape index (κ3) is 3.26. The Morgan fingerprint density at radius 1 is 1.30 bits per heavy atom. The zero-order valence-electron chi connectivity index (χ0n) is 12.4. The summed E-state index contributed by atoms with van der Waals surface area (Å²) >= 11 is 0. The largest absolute Gasteiger partial charge is 0.439 e. The number of hydrogen-bond acceptors (Lipinski definition) is 3. The summed E-state index contributed by atoms with van der Waals surface area (Å²) in [5, 5.41) is 0. The summed E-state index contributed by atoms with van der Waals surface area (Å²) in [4.78, 5) is 18.4. The molecule has 2 aromatic rings. The zero-order chi connectivity index (χ0) is 14.7. The van der Waals surface area contributed by atoms with E-state index in [0.29, 0.717) is 29.8 Å². The molecule has 4 heteroatoms. The van der Waals surface area contributed by atoms with Crippen molar-refractivity contribution in [1.29, 1.82) is 0 Å². The van der Waals surface area contributed by atoms with Crippen molar-refractivity contribution < 1.29 is 4.74 Å². The van der Waals surface area contributed by atoms with Gasteiger partial charge in [0, 0.05) is 6.42 Å². The Kier molecular flexibility index (Phi) is 4.23. The Labute approximate surface area is 118 Å². The van der Waals surface area contributed by atoms with E-state index in [0.717, 1.165) is 0 Å². The van der Waals surface area contributed by atoms with Crippen LogP contribution in [0.4, 0.5) is 0 Å². The van der Waals surface area contributed by atoms with Crippen LogP contribution in [0.2, 0.25) is 0 Å². The van der Waals surface area contributed by atoms with E-state index in [1.165, 1.54) is 17.2 Å². The molecule has 0 bridgehead atoms. The van der Waals surface area contributed by atoms with Gasteiger partial charge in [0.25, 0.3) is 5.56 Å². The molecule has 0 spiro atoms. The van der Waals surface area contributed by atoms with Crippen LogP contribution in [0.5, 0.6) is 11.6 Å². The Morgan fingerprint density at radius 3 is 2.65 bits per heavy atom. The molecule has 20 heavy (non-hydrogen) atoms. The molecule has 4 nitrogen and oxygen atoms in total. The van der Waals surface area contributed by atoms with Crippen molar-refractivity contribution in [3.8, 4) is 11.6 Å². The highest BCUT2D eigenvalue weighted by Gasteiger charge is 2.07. The van der Waals surface area contributed by atoms with Crippen LogP contribution in [0.15, 0.2) is 29.1 Å². The standard InChI is InChI=1S/C16H20N2O2/c1-5-14-17-15(19)9-16(18-14)20-12-6-7-13(10(2)3)11(4)8-12/h6-10H,5H2,1-4H3,(H,17,18,19). The van der Waals surface area contributed by atoms with Gasteiger partial charge in [-0.15, -0.1) is 0 Å². The van der Waals surface area contributed by atoms with Crippen molar-refractivity contribution in [1.82, 2.24) is 9.97 Å². The van der Waals surface area contributed by atoms with Crippen molar-refractivity contribution in [2.24, 2.45) is 0 Å². The number of aryl methyl sites for hydroxylation is 2. The summed E-state index contributed by atoms with van der Waals surface area (Å²) in [5.41, 5.74) is 2.28. The molecule has 0 saturated heterocycles. The van der Waals surface area contributed by atoms with Crippen LogP contribution in [0, 0.1) is 6.92 Å².